The van der Waals surface area contributed by atoms with Crippen LogP contribution >= 0.6 is 15.9 Å². The lowest BCUT2D eigenvalue weighted by Gasteiger charge is -2.09. The molecule has 0 aliphatic rings. The lowest BCUT2D eigenvalue weighted by molar-refractivity contribution is 0.181. The molecule has 0 radical (unpaired) electrons. The molecule has 1 N–H and O–H groups in total. The van der Waals surface area contributed by atoms with Crippen LogP contribution in [0.2, 0.25) is 0 Å². The molecule has 1 aromatic carbocycles. The second-order valence-electron chi connectivity index (χ2n) is 4.23. The largest absolute Gasteiger partial charge is 0.378 e. The fraction of sp³-hybridized carbons (Fsp3) is 0.286. The molecule has 5 heteroatoms. The minimum atomic E-state index is 0.466. The Bertz CT molecular complexity index is 587. The van der Waals surface area contributed by atoms with Crippen molar-refractivity contribution in [3.63, 3.8) is 0 Å². The lowest BCUT2D eigenvalue weighted by atomic mass is 10.1. The van der Waals surface area contributed by atoms with Crippen molar-refractivity contribution < 1.29 is 4.74 Å². The third-order valence-corrected chi connectivity index (χ3v) is 3.35. The summed E-state index contributed by atoms with van der Waals surface area (Å²) in [6.07, 6.45) is 0. The van der Waals surface area contributed by atoms with Crippen LogP contribution in [-0.4, -0.2) is 24.1 Å². The van der Waals surface area contributed by atoms with Gasteiger partial charge in [-0.3, -0.25) is 0 Å². The fourth-order valence-electron chi connectivity index (χ4n) is 1.77. The molecule has 0 aliphatic heterocycles. The molecule has 4 nitrogen and oxygen atoms in total. The summed E-state index contributed by atoms with van der Waals surface area (Å²) >= 11 is 3.56. The number of methoxy groups -OCH3 is 1. The Balaban J connectivity index is 2.51. The van der Waals surface area contributed by atoms with Crippen molar-refractivity contribution in [3.05, 3.63) is 40.0 Å². The van der Waals surface area contributed by atoms with Crippen LogP contribution in [0.3, 0.4) is 0 Å². The fourth-order valence-corrected chi connectivity index (χ4v) is 2.44. The number of nitrogens with one attached hydrogen (secondary N) is 1. The van der Waals surface area contributed by atoms with Crippen LogP contribution in [0.5, 0.6) is 0 Å². The first kappa shape index (κ1) is 14.0. The van der Waals surface area contributed by atoms with Crippen molar-refractivity contribution in [2.24, 2.45) is 0 Å². The molecule has 0 unspecified atom stereocenters. The number of ether oxygens (including phenoxy) is 1. The average Bonchev–Trinajstić information content (AvgIpc) is 2.38. The standard InChI is InChI=1S/C14H16BrN3O/c1-9-4-5-11(12(15)6-9)14-17-10(8-19-3)7-13(16-2)18-14/h4-7H,8H2,1-3H3,(H,16,17,18). The van der Waals surface area contributed by atoms with E-state index in [0.717, 1.165) is 21.5 Å². The number of benzene rings is 1. The third kappa shape index (κ3) is 3.30. The van der Waals surface area contributed by atoms with E-state index < -0.39 is 0 Å². The monoisotopic (exact) mass is 321 g/mol. The molecule has 0 amide bonds. The summed E-state index contributed by atoms with van der Waals surface area (Å²) in [6, 6.07) is 8.01. The van der Waals surface area contributed by atoms with E-state index in [2.05, 4.69) is 44.2 Å². The van der Waals surface area contributed by atoms with E-state index in [-0.39, 0.29) is 0 Å². The zero-order valence-corrected chi connectivity index (χ0v) is 12.8. The maximum Gasteiger partial charge on any atom is 0.162 e. The molecule has 19 heavy (non-hydrogen) atoms. The van der Waals surface area contributed by atoms with Crippen LogP contribution < -0.4 is 5.32 Å². The summed E-state index contributed by atoms with van der Waals surface area (Å²) in [5.41, 5.74) is 3.02. The molecule has 0 saturated carbocycles. The average molecular weight is 322 g/mol. The van der Waals surface area contributed by atoms with Gasteiger partial charge in [0.05, 0.1) is 12.3 Å². The van der Waals surface area contributed by atoms with Gasteiger partial charge in [-0.25, -0.2) is 9.97 Å². The number of aromatic nitrogens is 2. The van der Waals surface area contributed by atoms with Gasteiger partial charge in [0, 0.05) is 30.3 Å². The van der Waals surface area contributed by atoms with E-state index in [9.17, 15) is 0 Å². The SMILES string of the molecule is CNc1cc(COC)nc(-c2ccc(C)cc2Br)n1. The summed E-state index contributed by atoms with van der Waals surface area (Å²) < 4.78 is 6.13. The van der Waals surface area contributed by atoms with Gasteiger partial charge in [-0.15, -0.1) is 0 Å². The minimum absolute atomic E-state index is 0.466. The Kier molecular flexibility index (Phi) is 4.50. The van der Waals surface area contributed by atoms with Gasteiger partial charge in [0.1, 0.15) is 5.82 Å². The summed E-state index contributed by atoms with van der Waals surface area (Å²) in [4.78, 5) is 9.01. The number of hydrogen-bond donors (Lipinski definition) is 1. The van der Waals surface area contributed by atoms with Gasteiger partial charge in [0.25, 0.3) is 0 Å². The normalized spacial score (nSPS) is 10.5. The Morgan fingerprint density at radius 1 is 1.26 bits per heavy atom. The van der Waals surface area contributed by atoms with E-state index in [1.807, 2.05) is 25.2 Å². The predicted octanol–water partition coefficient (Wildman–Crippen LogP) is 3.40. The quantitative estimate of drug-likeness (QED) is 0.937. The van der Waals surface area contributed by atoms with E-state index in [0.29, 0.717) is 12.4 Å². The van der Waals surface area contributed by atoms with E-state index >= 15 is 0 Å². The Hall–Kier alpha value is -1.46. The Morgan fingerprint density at radius 3 is 2.68 bits per heavy atom. The summed E-state index contributed by atoms with van der Waals surface area (Å²) in [5, 5.41) is 3.04. The summed E-state index contributed by atoms with van der Waals surface area (Å²) in [7, 11) is 3.50. The highest BCUT2D eigenvalue weighted by molar-refractivity contribution is 9.10. The van der Waals surface area contributed by atoms with Crippen LogP contribution in [0.4, 0.5) is 5.82 Å². The van der Waals surface area contributed by atoms with Gasteiger partial charge in [-0.1, -0.05) is 22.0 Å². The number of rotatable bonds is 4. The minimum Gasteiger partial charge on any atom is -0.378 e. The molecule has 0 aliphatic carbocycles. The number of aryl methyl sites for hydroxylation is 1. The van der Waals surface area contributed by atoms with Crippen molar-refractivity contribution in [1.29, 1.82) is 0 Å². The molecule has 1 heterocycles. The van der Waals surface area contributed by atoms with Crippen LogP contribution in [-0.2, 0) is 11.3 Å². The van der Waals surface area contributed by atoms with Crippen LogP contribution in [0.1, 0.15) is 11.3 Å². The van der Waals surface area contributed by atoms with Crippen LogP contribution in [0.15, 0.2) is 28.7 Å². The second kappa shape index (κ2) is 6.12. The smallest absolute Gasteiger partial charge is 0.162 e. The molecular formula is C14H16BrN3O. The molecular weight excluding hydrogens is 306 g/mol. The lowest BCUT2D eigenvalue weighted by Crippen LogP contribution is -2.02. The van der Waals surface area contributed by atoms with Crippen molar-refractivity contribution in [3.8, 4) is 11.4 Å². The highest BCUT2D eigenvalue weighted by Gasteiger charge is 2.09. The second-order valence-corrected chi connectivity index (χ2v) is 5.09. The molecule has 0 spiro atoms. The first-order valence-corrected chi connectivity index (χ1v) is 6.74. The van der Waals surface area contributed by atoms with Gasteiger partial charge in [-0.05, 0) is 24.6 Å². The zero-order chi connectivity index (χ0) is 13.8. The van der Waals surface area contributed by atoms with Gasteiger partial charge >= 0.3 is 0 Å². The van der Waals surface area contributed by atoms with E-state index in [1.165, 1.54) is 5.56 Å². The highest BCUT2D eigenvalue weighted by Crippen LogP contribution is 2.27. The summed E-state index contributed by atoms with van der Waals surface area (Å²) in [6.45, 7) is 2.52. The Labute approximate surface area is 121 Å². The highest BCUT2D eigenvalue weighted by atomic mass is 79.9. The number of anilines is 1. The predicted molar refractivity (Wildman–Crippen MR) is 80.2 cm³/mol. The molecule has 0 atom stereocenters. The van der Waals surface area contributed by atoms with Crippen molar-refractivity contribution in [2.75, 3.05) is 19.5 Å². The van der Waals surface area contributed by atoms with Gasteiger partial charge < -0.3 is 10.1 Å². The van der Waals surface area contributed by atoms with Crippen molar-refractivity contribution in [1.82, 2.24) is 9.97 Å². The van der Waals surface area contributed by atoms with E-state index in [1.54, 1.807) is 7.11 Å². The van der Waals surface area contributed by atoms with Gasteiger partial charge in [0.15, 0.2) is 5.82 Å². The molecule has 2 aromatic rings. The number of halogens is 1. The van der Waals surface area contributed by atoms with Crippen LogP contribution in [0, 0.1) is 6.92 Å². The first-order valence-electron chi connectivity index (χ1n) is 5.95. The zero-order valence-electron chi connectivity index (χ0n) is 11.2. The molecule has 100 valence electrons. The van der Waals surface area contributed by atoms with E-state index in [4.69, 9.17) is 4.74 Å². The molecule has 2 rings (SSSR count). The maximum atomic E-state index is 5.14. The molecule has 0 bridgehead atoms. The third-order valence-electron chi connectivity index (χ3n) is 2.69. The van der Waals surface area contributed by atoms with Crippen molar-refractivity contribution in [2.45, 2.75) is 13.5 Å². The Morgan fingerprint density at radius 2 is 2.05 bits per heavy atom. The first-order chi connectivity index (χ1) is 9.13. The topological polar surface area (TPSA) is 47.0 Å². The van der Waals surface area contributed by atoms with Crippen molar-refractivity contribution >= 4 is 21.7 Å². The van der Waals surface area contributed by atoms with Gasteiger partial charge in [0.2, 0.25) is 0 Å². The van der Waals surface area contributed by atoms with Gasteiger partial charge in [-0.2, -0.15) is 0 Å². The number of nitrogens with zero attached hydrogens (tertiary/aromatic N) is 2. The maximum absolute atomic E-state index is 5.14. The van der Waals surface area contributed by atoms with Crippen LogP contribution in [0.25, 0.3) is 11.4 Å². The molecule has 0 fully saturated rings. The molecule has 0 saturated heterocycles. The summed E-state index contributed by atoms with van der Waals surface area (Å²) in [5.74, 6) is 1.47. The molecule has 1 aromatic heterocycles. The number of hydrogen-bond acceptors (Lipinski definition) is 4.